The number of unbranched alkanes of at least 4 members (excludes halogenated alkanes) is 2. The van der Waals surface area contributed by atoms with Gasteiger partial charge in [0, 0.05) is 5.56 Å². The molecule has 1 atom stereocenters. The van der Waals surface area contributed by atoms with Gasteiger partial charge in [0.05, 0.1) is 18.8 Å². The lowest BCUT2D eigenvalue weighted by Gasteiger charge is -2.39. The number of carbonyl (C=O) groups excluding carboxylic acids is 3. The fourth-order valence-corrected chi connectivity index (χ4v) is 4.71. The maximum Gasteiger partial charge on any atom is 0.419 e. The molecule has 1 aliphatic heterocycles. The topological polar surface area (TPSA) is 106 Å². The third kappa shape index (κ3) is 8.85. The van der Waals surface area contributed by atoms with Gasteiger partial charge in [0.15, 0.2) is 0 Å². The number of amides is 3. The van der Waals surface area contributed by atoms with Crippen LogP contribution in [0.2, 0.25) is 0 Å². The molecule has 43 heavy (non-hydrogen) atoms. The molecule has 0 saturated carbocycles. The molecule has 1 heterocycles. The Labute approximate surface area is 250 Å². The number of halogens is 3. The van der Waals surface area contributed by atoms with Crippen molar-refractivity contribution in [3.8, 4) is 5.75 Å². The summed E-state index contributed by atoms with van der Waals surface area (Å²) in [6.07, 6.45) is -2.49. The summed E-state index contributed by atoms with van der Waals surface area (Å²) in [5, 5.41) is 0. The number of rotatable bonds is 9. The molecule has 0 radical (unpaired) electrons. The third-order valence-electron chi connectivity index (χ3n) is 6.85. The molecular weight excluding hydrogens is 567 g/mol. The van der Waals surface area contributed by atoms with Gasteiger partial charge in [-0.05, 0) is 91.0 Å². The van der Waals surface area contributed by atoms with E-state index in [4.69, 9.17) is 14.2 Å². The van der Waals surface area contributed by atoms with E-state index in [2.05, 4.69) is 10.9 Å². The van der Waals surface area contributed by atoms with Crippen molar-refractivity contribution in [2.75, 3.05) is 13.2 Å². The summed E-state index contributed by atoms with van der Waals surface area (Å²) in [5.74, 6) is -2.19. The largest absolute Gasteiger partial charge is 0.493 e. The first kappa shape index (κ1) is 33.7. The van der Waals surface area contributed by atoms with E-state index < -0.39 is 46.5 Å². The Bertz CT molecular complexity index is 1290. The summed E-state index contributed by atoms with van der Waals surface area (Å²) >= 11 is 0. The SMILES string of the molecule is CC(C)(C)OC(=O)N1C(C)(C)OCC1(C)C(=O)NNC(=O)c1ccc(OCCCCCc2ccccc2)c(C(F)(F)F)c1. The number of hydrogen-bond donors (Lipinski definition) is 2. The Hall–Kier alpha value is -3.80. The molecule has 3 amide bonds. The van der Waals surface area contributed by atoms with Crippen LogP contribution in [0.3, 0.4) is 0 Å². The average molecular weight is 608 g/mol. The summed E-state index contributed by atoms with van der Waals surface area (Å²) in [5.41, 5.74) is 0.433. The Kier molecular flexibility index (Phi) is 10.4. The van der Waals surface area contributed by atoms with Gasteiger partial charge in [0.1, 0.15) is 22.6 Å². The van der Waals surface area contributed by atoms with E-state index in [1.54, 1.807) is 34.6 Å². The van der Waals surface area contributed by atoms with Crippen LogP contribution in [0.25, 0.3) is 0 Å². The molecular formula is C31H40F3N3O6. The summed E-state index contributed by atoms with van der Waals surface area (Å²) in [4.78, 5) is 40.0. The summed E-state index contributed by atoms with van der Waals surface area (Å²) in [6, 6.07) is 12.8. The van der Waals surface area contributed by atoms with Crippen LogP contribution in [0.1, 0.15) is 82.3 Å². The molecule has 1 aliphatic rings. The highest BCUT2D eigenvalue weighted by Crippen LogP contribution is 2.38. The number of benzene rings is 2. The zero-order chi connectivity index (χ0) is 32.1. The number of hydrazine groups is 1. The van der Waals surface area contributed by atoms with Crippen LogP contribution < -0.4 is 15.6 Å². The van der Waals surface area contributed by atoms with Gasteiger partial charge in [-0.2, -0.15) is 13.2 Å². The molecule has 9 nitrogen and oxygen atoms in total. The number of nitrogens with zero attached hydrogens (tertiary/aromatic N) is 1. The quantitative estimate of drug-likeness (QED) is 0.267. The van der Waals surface area contributed by atoms with Gasteiger partial charge >= 0.3 is 12.3 Å². The number of aryl methyl sites for hydroxylation is 1. The molecule has 1 fully saturated rings. The lowest BCUT2D eigenvalue weighted by atomic mass is 10.0. The fraction of sp³-hybridized carbons (Fsp3) is 0.516. The van der Waals surface area contributed by atoms with Crippen LogP contribution in [0.4, 0.5) is 18.0 Å². The van der Waals surface area contributed by atoms with Gasteiger partial charge in [0.2, 0.25) is 0 Å². The van der Waals surface area contributed by atoms with Crippen molar-refractivity contribution in [1.82, 2.24) is 15.8 Å². The highest BCUT2D eigenvalue weighted by Gasteiger charge is 2.57. The van der Waals surface area contributed by atoms with Crippen molar-refractivity contribution in [2.24, 2.45) is 0 Å². The number of carbonyl (C=O) groups is 3. The monoisotopic (exact) mass is 607 g/mol. The fourth-order valence-electron chi connectivity index (χ4n) is 4.71. The zero-order valence-electron chi connectivity index (χ0n) is 25.4. The van der Waals surface area contributed by atoms with Crippen molar-refractivity contribution in [3.63, 3.8) is 0 Å². The van der Waals surface area contributed by atoms with Crippen LogP contribution in [-0.2, 0) is 26.9 Å². The molecule has 0 spiro atoms. The first-order valence-corrected chi connectivity index (χ1v) is 14.1. The second-order valence-corrected chi connectivity index (χ2v) is 12.1. The van der Waals surface area contributed by atoms with E-state index in [0.29, 0.717) is 12.5 Å². The molecule has 1 saturated heterocycles. The maximum atomic E-state index is 13.8. The van der Waals surface area contributed by atoms with Gasteiger partial charge in [-0.3, -0.25) is 25.3 Å². The van der Waals surface area contributed by atoms with Crippen molar-refractivity contribution in [3.05, 3.63) is 65.2 Å². The van der Waals surface area contributed by atoms with Gasteiger partial charge in [-0.15, -0.1) is 0 Å². The van der Waals surface area contributed by atoms with Crippen LogP contribution in [0.15, 0.2) is 48.5 Å². The Morgan fingerprint density at radius 3 is 2.26 bits per heavy atom. The zero-order valence-corrected chi connectivity index (χ0v) is 25.4. The number of alkyl halides is 3. The van der Waals surface area contributed by atoms with Gasteiger partial charge in [-0.25, -0.2) is 4.79 Å². The summed E-state index contributed by atoms with van der Waals surface area (Å²) < 4.78 is 58.1. The number of hydrogen-bond acceptors (Lipinski definition) is 6. The first-order chi connectivity index (χ1) is 19.9. The number of nitrogens with one attached hydrogen (secondary N) is 2. The van der Waals surface area contributed by atoms with E-state index in [9.17, 15) is 27.6 Å². The highest BCUT2D eigenvalue weighted by atomic mass is 19.4. The summed E-state index contributed by atoms with van der Waals surface area (Å²) in [7, 11) is 0. The Morgan fingerprint density at radius 2 is 1.63 bits per heavy atom. The van der Waals surface area contributed by atoms with E-state index in [1.807, 2.05) is 30.3 Å². The van der Waals surface area contributed by atoms with E-state index in [-0.39, 0.29) is 24.5 Å². The maximum absolute atomic E-state index is 13.8. The smallest absolute Gasteiger partial charge is 0.419 e. The highest BCUT2D eigenvalue weighted by molar-refractivity contribution is 5.97. The van der Waals surface area contributed by atoms with E-state index in [0.717, 1.165) is 30.2 Å². The van der Waals surface area contributed by atoms with E-state index >= 15 is 0 Å². The second kappa shape index (κ2) is 13.2. The normalized spacial score (nSPS) is 18.2. The Balaban J connectivity index is 1.61. The minimum absolute atomic E-state index is 0.0879. The molecule has 236 valence electrons. The van der Waals surface area contributed by atoms with Gasteiger partial charge in [0.25, 0.3) is 11.8 Å². The lowest BCUT2D eigenvalue weighted by Crippen LogP contribution is -2.63. The molecule has 2 N–H and O–H groups in total. The minimum atomic E-state index is -4.78. The van der Waals surface area contributed by atoms with Gasteiger partial charge < -0.3 is 14.2 Å². The van der Waals surface area contributed by atoms with Crippen LogP contribution in [0, 0.1) is 0 Å². The van der Waals surface area contributed by atoms with Crippen LogP contribution >= 0.6 is 0 Å². The standard InChI is InChI=1S/C31H40F3N3O6/c1-28(2,3)43-27(40)37-29(4,5)42-20-30(37,6)26(39)36-35-25(38)22-16-17-24(23(19-22)31(32,33)34)41-18-12-8-11-15-21-13-9-7-10-14-21/h7,9-10,13-14,16-17,19H,8,11-12,15,18,20H2,1-6H3,(H,35,38)(H,36,39). The van der Waals surface area contributed by atoms with Crippen molar-refractivity contribution in [1.29, 1.82) is 0 Å². The predicted molar refractivity (Wildman–Crippen MR) is 153 cm³/mol. The van der Waals surface area contributed by atoms with Crippen LogP contribution in [0.5, 0.6) is 5.75 Å². The first-order valence-electron chi connectivity index (χ1n) is 14.1. The van der Waals surface area contributed by atoms with Crippen molar-refractivity contribution < 1.29 is 41.8 Å². The lowest BCUT2D eigenvalue weighted by molar-refractivity contribution is -0.139. The average Bonchev–Trinajstić information content (AvgIpc) is 3.17. The van der Waals surface area contributed by atoms with Crippen molar-refractivity contribution in [2.45, 2.75) is 90.3 Å². The molecule has 12 heteroatoms. The molecule has 2 aromatic carbocycles. The molecule has 1 unspecified atom stereocenters. The number of ether oxygens (including phenoxy) is 3. The summed E-state index contributed by atoms with van der Waals surface area (Å²) in [6.45, 7) is 9.49. The molecule has 0 bridgehead atoms. The molecule has 3 rings (SSSR count). The van der Waals surface area contributed by atoms with Crippen molar-refractivity contribution >= 4 is 17.9 Å². The van der Waals surface area contributed by atoms with Crippen LogP contribution in [-0.4, -0.2) is 52.9 Å². The third-order valence-corrected chi connectivity index (χ3v) is 6.85. The Morgan fingerprint density at radius 1 is 0.953 bits per heavy atom. The predicted octanol–water partition coefficient (Wildman–Crippen LogP) is 6.02. The van der Waals surface area contributed by atoms with E-state index in [1.165, 1.54) is 18.6 Å². The van der Waals surface area contributed by atoms with Gasteiger partial charge in [-0.1, -0.05) is 30.3 Å². The molecule has 0 aliphatic carbocycles. The second-order valence-electron chi connectivity index (χ2n) is 12.1. The molecule has 2 aromatic rings. The minimum Gasteiger partial charge on any atom is -0.493 e. The molecule has 0 aromatic heterocycles.